The van der Waals surface area contributed by atoms with Gasteiger partial charge in [0.15, 0.2) is 11.5 Å². The van der Waals surface area contributed by atoms with Crippen LogP contribution in [0.4, 0.5) is 5.82 Å². The van der Waals surface area contributed by atoms with E-state index in [-0.39, 0.29) is 17.0 Å². The van der Waals surface area contributed by atoms with Crippen LogP contribution in [-0.4, -0.2) is 64.5 Å². The maximum atomic E-state index is 10.9. The lowest BCUT2D eigenvalue weighted by Gasteiger charge is -2.39. The van der Waals surface area contributed by atoms with Gasteiger partial charge in [0.05, 0.1) is 6.61 Å². The van der Waals surface area contributed by atoms with Crippen LogP contribution < -0.4 is 5.73 Å². The molecule has 4 rings (SSSR count). The number of aliphatic hydroxyl groups excluding tert-OH is 2. The summed E-state index contributed by atoms with van der Waals surface area (Å²) in [6.45, 7) is -0.623. The Kier molecular flexibility index (Phi) is 3.68. The quantitative estimate of drug-likeness (QED) is 0.352. The third-order valence-corrected chi connectivity index (χ3v) is 4.63. The summed E-state index contributed by atoms with van der Waals surface area (Å²) in [4.78, 5) is 12.1. The first-order chi connectivity index (χ1) is 12.4. The van der Waals surface area contributed by atoms with Gasteiger partial charge in [0.1, 0.15) is 30.4 Å². The molecule has 3 aromatic rings. The van der Waals surface area contributed by atoms with Crippen LogP contribution in [-0.2, 0) is 10.5 Å². The van der Waals surface area contributed by atoms with Gasteiger partial charge in [0.25, 0.3) is 0 Å². The van der Waals surface area contributed by atoms with Crippen molar-refractivity contribution in [2.45, 2.75) is 23.7 Å². The number of nitrogen functional groups attached to an aromatic ring is 1. The maximum Gasteiger partial charge on any atom is 0.247 e. The minimum Gasteiger partial charge on any atom is -0.394 e. The van der Waals surface area contributed by atoms with Crippen molar-refractivity contribution in [2.24, 2.45) is 0 Å². The summed E-state index contributed by atoms with van der Waals surface area (Å²) in [5.41, 5.74) is 4.54. The molecule has 0 spiro atoms. The Morgan fingerprint density at radius 1 is 1.15 bits per heavy atom. The van der Waals surface area contributed by atoms with Gasteiger partial charge in [-0.1, -0.05) is 30.3 Å². The molecule has 0 aliphatic carbocycles. The van der Waals surface area contributed by atoms with E-state index in [4.69, 9.17) is 10.5 Å². The molecule has 1 saturated heterocycles. The summed E-state index contributed by atoms with van der Waals surface area (Å²) in [6, 6.07) is 8.30. The highest BCUT2D eigenvalue weighted by Crippen LogP contribution is 2.47. The first-order valence-corrected chi connectivity index (χ1v) is 7.84. The Hall–Kier alpha value is -2.63. The van der Waals surface area contributed by atoms with E-state index in [0.717, 1.165) is 0 Å². The first-order valence-electron chi connectivity index (χ1n) is 7.84. The van der Waals surface area contributed by atoms with Crippen molar-refractivity contribution in [1.29, 1.82) is 0 Å². The largest absolute Gasteiger partial charge is 0.394 e. The Balaban J connectivity index is 2.06. The lowest BCUT2D eigenvalue weighted by Crippen LogP contribution is -2.58. The zero-order valence-electron chi connectivity index (χ0n) is 13.5. The van der Waals surface area contributed by atoms with Crippen LogP contribution in [0.5, 0.6) is 0 Å². The summed E-state index contributed by atoms with van der Waals surface area (Å²) < 4.78 is 7.10. The number of hydrogen-bond donors (Lipinski definition) is 5. The lowest BCUT2D eigenvalue weighted by molar-refractivity contribution is -0.283. The van der Waals surface area contributed by atoms with Gasteiger partial charge in [-0.15, -0.1) is 0 Å². The van der Waals surface area contributed by atoms with Gasteiger partial charge < -0.3 is 30.9 Å². The second-order valence-electron chi connectivity index (χ2n) is 6.07. The van der Waals surface area contributed by atoms with Crippen molar-refractivity contribution < 1.29 is 25.2 Å². The van der Waals surface area contributed by atoms with E-state index in [2.05, 4.69) is 15.0 Å². The molecule has 3 atom stereocenters. The van der Waals surface area contributed by atoms with E-state index < -0.39 is 30.3 Å². The Bertz CT molecular complexity index is 947. The third kappa shape index (κ3) is 2.01. The molecule has 0 unspecified atom stereocenters. The van der Waals surface area contributed by atoms with Crippen LogP contribution in [0.15, 0.2) is 43.0 Å². The van der Waals surface area contributed by atoms with Crippen molar-refractivity contribution >= 4 is 17.0 Å². The van der Waals surface area contributed by atoms with E-state index in [9.17, 15) is 20.4 Å². The van der Waals surface area contributed by atoms with Crippen molar-refractivity contribution in [2.75, 3.05) is 12.3 Å². The molecule has 6 N–H and O–H groups in total. The average molecular weight is 359 g/mol. The monoisotopic (exact) mass is 359 g/mol. The number of imidazole rings is 1. The zero-order valence-corrected chi connectivity index (χ0v) is 13.5. The Morgan fingerprint density at radius 3 is 2.54 bits per heavy atom. The number of anilines is 1. The Labute approximate surface area is 147 Å². The summed E-state index contributed by atoms with van der Waals surface area (Å²) in [5, 5.41) is 41.6. The zero-order chi connectivity index (χ0) is 18.5. The predicted molar refractivity (Wildman–Crippen MR) is 88.4 cm³/mol. The van der Waals surface area contributed by atoms with Gasteiger partial charge in [-0.2, -0.15) is 0 Å². The van der Waals surface area contributed by atoms with Crippen molar-refractivity contribution in [1.82, 2.24) is 19.5 Å². The fourth-order valence-electron chi connectivity index (χ4n) is 3.37. The number of hydrogen-bond acceptors (Lipinski definition) is 9. The summed E-state index contributed by atoms with van der Waals surface area (Å²) in [6.07, 6.45) is -0.554. The van der Waals surface area contributed by atoms with Crippen LogP contribution in [0.3, 0.4) is 0 Å². The summed E-state index contributed by atoms with van der Waals surface area (Å²) in [7, 11) is 0. The third-order valence-electron chi connectivity index (χ3n) is 4.63. The molecule has 1 aliphatic rings. The van der Waals surface area contributed by atoms with Crippen molar-refractivity contribution in [3.63, 3.8) is 0 Å². The number of benzene rings is 1. The number of nitrogens with two attached hydrogens (primary N) is 1. The fourth-order valence-corrected chi connectivity index (χ4v) is 3.37. The molecule has 0 bridgehead atoms. The molecule has 0 amide bonds. The number of nitrogens with zero attached hydrogens (tertiary/aromatic N) is 4. The molecular weight excluding hydrogens is 342 g/mol. The second-order valence-corrected chi connectivity index (χ2v) is 6.07. The van der Waals surface area contributed by atoms with E-state index in [1.807, 2.05) is 0 Å². The minimum absolute atomic E-state index is 0.107. The van der Waals surface area contributed by atoms with Gasteiger partial charge >= 0.3 is 0 Å². The number of aliphatic hydroxyl groups is 4. The molecule has 1 aliphatic heterocycles. The number of aromatic nitrogens is 4. The molecule has 26 heavy (non-hydrogen) atoms. The van der Waals surface area contributed by atoms with Crippen molar-refractivity contribution in [3.8, 4) is 0 Å². The van der Waals surface area contributed by atoms with Gasteiger partial charge in [-0.05, 0) is 0 Å². The van der Waals surface area contributed by atoms with Crippen LogP contribution in [0.1, 0.15) is 5.56 Å². The van der Waals surface area contributed by atoms with E-state index in [1.165, 1.54) is 17.2 Å². The van der Waals surface area contributed by atoms with Crippen LogP contribution >= 0.6 is 0 Å². The summed E-state index contributed by atoms with van der Waals surface area (Å²) in [5.74, 6) is -2.69. The first kappa shape index (κ1) is 16.8. The molecule has 1 aromatic carbocycles. The van der Waals surface area contributed by atoms with Gasteiger partial charge in [-0.25, -0.2) is 15.0 Å². The number of rotatable bonds is 3. The molecule has 10 heteroatoms. The van der Waals surface area contributed by atoms with Crippen LogP contribution in [0, 0.1) is 0 Å². The smallest absolute Gasteiger partial charge is 0.247 e. The molecule has 0 saturated carbocycles. The number of ether oxygens (including phenoxy) is 1. The average Bonchev–Trinajstić information content (AvgIpc) is 3.16. The normalized spacial score (nSPS) is 27.8. The van der Waals surface area contributed by atoms with Crippen molar-refractivity contribution in [3.05, 3.63) is 48.5 Å². The molecule has 1 fully saturated rings. The van der Waals surface area contributed by atoms with E-state index >= 15 is 0 Å². The van der Waals surface area contributed by atoms with E-state index in [0.29, 0.717) is 5.56 Å². The highest BCUT2D eigenvalue weighted by Gasteiger charge is 2.67. The van der Waals surface area contributed by atoms with Gasteiger partial charge in [-0.3, -0.25) is 4.57 Å². The molecule has 2 aromatic heterocycles. The molecule has 0 radical (unpaired) electrons. The lowest BCUT2D eigenvalue weighted by atomic mass is 9.91. The van der Waals surface area contributed by atoms with Crippen LogP contribution in [0.25, 0.3) is 11.2 Å². The molecule has 3 heterocycles. The standard InChI is InChI=1S/C16H17N5O5/c17-13-11-14(19-7-18-13)21(8-20-11)15(9-4-2-1-3-5-9)16(24,25)12(23)10(6-22)26-15/h1-5,7-8,10,12,22-25H,6H2,(H2,17,18,19)/t10-,12-,15-/m1/s1. The van der Waals surface area contributed by atoms with Crippen LogP contribution in [0.2, 0.25) is 0 Å². The highest BCUT2D eigenvalue weighted by atomic mass is 16.6. The molecular formula is C16H17N5O5. The molecule has 136 valence electrons. The Morgan fingerprint density at radius 2 is 1.88 bits per heavy atom. The summed E-state index contributed by atoms with van der Waals surface area (Å²) >= 11 is 0. The number of fused-ring (bicyclic) bond motifs is 1. The highest BCUT2D eigenvalue weighted by molar-refractivity contribution is 5.81. The van der Waals surface area contributed by atoms with Gasteiger partial charge in [0, 0.05) is 5.56 Å². The van der Waals surface area contributed by atoms with E-state index in [1.54, 1.807) is 30.3 Å². The SMILES string of the molecule is Nc1ncnc2c1ncn2[C@]1(c2ccccc2)O[C@H](CO)[C@@H](O)C1(O)O. The predicted octanol–water partition coefficient (Wildman–Crippen LogP) is -1.46. The fraction of sp³-hybridized carbons (Fsp3) is 0.312. The topological polar surface area (TPSA) is 160 Å². The minimum atomic E-state index is -2.80. The maximum absolute atomic E-state index is 10.9. The molecule has 10 nitrogen and oxygen atoms in total. The van der Waals surface area contributed by atoms with Gasteiger partial charge in [0.2, 0.25) is 11.5 Å². The second kappa shape index (κ2) is 5.69.